The van der Waals surface area contributed by atoms with E-state index in [1.54, 1.807) is 24.1 Å². The van der Waals surface area contributed by atoms with Crippen LogP contribution >= 0.6 is 0 Å². The molecule has 0 heterocycles. The van der Waals surface area contributed by atoms with Crippen molar-refractivity contribution in [3.05, 3.63) is 69.5 Å². The van der Waals surface area contributed by atoms with Gasteiger partial charge in [-0.3, -0.25) is 10.1 Å². The van der Waals surface area contributed by atoms with Crippen LogP contribution in [0, 0.1) is 27.3 Å². The van der Waals surface area contributed by atoms with Gasteiger partial charge in [0.2, 0.25) is 0 Å². The lowest BCUT2D eigenvalue weighted by Gasteiger charge is -2.19. The van der Waals surface area contributed by atoms with Gasteiger partial charge in [0, 0.05) is 19.7 Å². The molecular weight excluding hydrogens is 273 g/mol. The predicted octanol–water partition coefficient (Wildman–Crippen LogP) is 3.24. The van der Waals surface area contributed by atoms with Gasteiger partial charge in [0.05, 0.1) is 16.6 Å². The summed E-state index contributed by atoms with van der Waals surface area (Å²) >= 11 is 0. The van der Waals surface area contributed by atoms with Gasteiger partial charge >= 0.3 is 0 Å². The summed E-state index contributed by atoms with van der Waals surface area (Å²) in [5.74, 6) is -0.334. The molecule has 0 atom stereocenters. The molecule has 0 saturated heterocycles. The monoisotopic (exact) mass is 285 g/mol. The molecule has 0 N–H and O–H groups in total. The lowest BCUT2D eigenvalue weighted by Crippen LogP contribution is -2.17. The molecule has 6 heteroatoms. The SMILES string of the molecule is CN(Cc1ccc(F)cc1)c1cc(C#N)ccc1[N+](=O)[O-]. The first-order valence-corrected chi connectivity index (χ1v) is 6.15. The molecule has 0 saturated carbocycles. The zero-order chi connectivity index (χ0) is 15.4. The second kappa shape index (κ2) is 6.01. The third kappa shape index (κ3) is 3.34. The molecule has 0 radical (unpaired) electrons. The van der Waals surface area contributed by atoms with Crippen LogP contribution in [0.15, 0.2) is 42.5 Å². The third-order valence-corrected chi connectivity index (χ3v) is 3.05. The lowest BCUT2D eigenvalue weighted by atomic mass is 10.1. The zero-order valence-corrected chi connectivity index (χ0v) is 11.3. The Morgan fingerprint density at radius 3 is 2.52 bits per heavy atom. The van der Waals surface area contributed by atoms with Crippen molar-refractivity contribution in [1.29, 1.82) is 5.26 Å². The quantitative estimate of drug-likeness (QED) is 0.638. The van der Waals surface area contributed by atoms with E-state index in [2.05, 4.69) is 0 Å². The van der Waals surface area contributed by atoms with E-state index in [1.165, 1.54) is 30.3 Å². The van der Waals surface area contributed by atoms with E-state index < -0.39 is 4.92 Å². The number of nitro groups is 1. The van der Waals surface area contributed by atoms with Crippen molar-refractivity contribution in [2.45, 2.75) is 6.54 Å². The Morgan fingerprint density at radius 2 is 1.95 bits per heavy atom. The normalized spacial score (nSPS) is 9.95. The average molecular weight is 285 g/mol. The summed E-state index contributed by atoms with van der Waals surface area (Å²) < 4.78 is 12.9. The zero-order valence-electron chi connectivity index (χ0n) is 11.3. The van der Waals surface area contributed by atoms with Crippen LogP contribution in [0.2, 0.25) is 0 Å². The number of halogens is 1. The number of nitriles is 1. The third-order valence-electron chi connectivity index (χ3n) is 3.05. The maximum atomic E-state index is 12.9. The number of nitrogens with zero attached hydrogens (tertiary/aromatic N) is 3. The van der Waals surface area contributed by atoms with E-state index in [4.69, 9.17) is 5.26 Å². The van der Waals surface area contributed by atoms with Crippen molar-refractivity contribution >= 4 is 11.4 Å². The smallest absolute Gasteiger partial charge is 0.292 e. The minimum absolute atomic E-state index is 0.0707. The molecule has 0 fully saturated rings. The molecular formula is C15H12FN3O2. The summed E-state index contributed by atoms with van der Waals surface area (Å²) in [5.41, 5.74) is 1.44. The second-order valence-corrected chi connectivity index (χ2v) is 4.55. The number of nitro benzene ring substituents is 1. The van der Waals surface area contributed by atoms with E-state index in [-0.39, 0.29) is 11.5 Å². The molecule has 5 nitrogen and oxygen atoms in total. The topological polar surface area (TPSA) is 70.2 Å². The summed E-state index contributed by atoms with van der Waals surface area (Å²) in [5, 5.41) is 20.0. The van der Waals surface area contributed by atoms with Gasteiger partial charge in [-0.15, -0.1) is 0 Å². The van der Waals surface area contributed by atoms with Crippen molar-refractivity contribution in [3.63, 3.8) is 0 Å². The standard InChI is InChI=1S/C15H12FN3O2/c1-18(10-11-2-5-13(16)6-3-11)15-8-12(9-17)4-7-14(15)19(20)21/h2-8H,10H2,1H3. The minimum atomic E-state index is -0.488. The van der Waals surface area contributed by atoms with Crippen molar-refractivity contribution in [1.82, 2.24) is 0 Å². The van der Waals surface area contributed by atoms with Gasteiger partial charge in [-0.2, -0.15) is 5.26 Å². The number of hydrogen-bond donors (Lipinski definition) is 0. The van der Waals surface area contributed by atoms with Gasteiger partial charge in [0.15, 0.2) is 0 Å². The van der Waals surface area contributed by atoms with Crippen LogP contribution in [0.5, 0.6) is 0 Å². The van der Waals surface area contributed by atoms with Crippen molar-refractivity contribution < 1.29 is 9.31 Å². The Hall–Kier alpha value is -2.94. The van der Waals surface area contributed by atoms with Crippen LogP contribution in [0.4, 0.5) is 15.8 Å². The van der Waals surface area contributed by atoms with Gasteiger partial charge in [-0.25, -0.2) is 4.39 Å². The van der Waals surface area contributed by atoms with E-state index in [0.717, 1.165) is 5.56 Å². The molecule has 0 amide bonds. The van der Waals surface area contributed by atoms with Gasteiger partial charge in [0.25, 0.3) is 5.69 Å². The number of benzene rings is 2. The first kappa shape index (κ1) is 14.5. The Balaban J connectivity index is 2.33. The predicted molar refractivity (Wildman–Crippen MR) is 76.3 cm³/mol. The molecule has 2 aromatic carbocycles. The van der Waals surface area contributed by atoms with Gasteiger partial charge in [0.1, 0.15) is 11.5 Å². The van der Waals surface area contributed by atoms with Gasteiger partial charge in [-0.1, -0.05) is 12.1 Å². The average Bonchev–Trinajstić information content (AvgIpc) is 2.48. The molecule has 0 bridgehead atoms. The summed E-state index contributed by atoms with van der Waals surface area (Å²) in [7, 11) is 1.69. The molecule has 0 unspecified atom stereocenters. The van der Waals surface area contributed by atoms with Crippen LogP contribution in [0.3, 0.4) is 0 Å². The fourth-order valence-electron chi connectivity index (χ4n) is 2.00. The Labute approximate surface area is 121 Å². The highest BCUT2D eigenvalue weighted by molar-refractivity contribution is 5.65. The lowest BCUT2D eigenvalue weighted by molar-refractivity contribution is -0.384. The highest BCUT2D eigenvalue weighted by Gasteiger charge is 2.18. The first-order valence-electron chi connectivity index (χ1n) is 6.15. The molecule has 0 aromatic heterocycles. The fraction of sp³-hybridized carbons (Fsp3) is 0.133. The maximum Gasteiger partial charge on any atom is 0.292 e. The Morgan fingerprint density at radius 1 is 1.29 bits per heavy atom. The fourth-order valence-corrected chi connectivity index (χ4v) is 2.00. The molecule has 2 rings (SSSR count). The number of hydrogen-bond acceptors (Lipinski definition) is 4. The molecule has 0 aliphatic rings. The van der Waals surface area contributed by atoms with Crippen LogP contribution in [-0.4, -0.2) is 12.0 Å². The summed E-state index contributed by atoms with van der Waals surface area (Å²) in [6.45, 7) is 0.371. The van der Waals surface area contributed by atoms with Crippen LogP contribution in [-0.2, 0) is 6.54 Å². The molecule has 21 heavy (non-hydrogen) atoms. The van der Waals surface area contributed by atoms with E-state index in [1.807, 2.05) is 6.07 Å². The second-order valence-electron chi connectivity index (χ2n) is 4.55. The highest BCUT2D eigenvalue weighted by atomic mass is 19.1. The molecule has 106 valence electrons. The summed E-state index contributed by atoms with van der Waals surface area (Å²) in [6, 6.07) is 12.1. The summed E-state index contributed by atoms with van der Waals surface area (Å²) in [6.07, 6.45) is 0. The van der Waals surface area contributed by atoms with Gasteiger partial charge < -0.3 is 4.90 Å². The van der Waals surface area contributed by atoms with E-state index in [9.17, 15) is 14.5 Å². The Kier molecular flexibility index (Phi) is 4.14. The maximum absolute atomic E-state index is 12.9. The van der Waals surface area contributed by atoms with Crippen molar-refractivity contribution in [3.8, 4) is 6.07 Å². The van der Waals surface area contributed by atoms with Crippen molar-refractivity contribution in [2.24, 2.45) is 0 Å². The minimum Gasteiger partial charge on any atom is -0.365 e. The van der Waals surface area contributed by atoms with Crippen LogP contribution in [0.25, 0.3) is 0 Å². The Bertz CT molecular complexity index is 708. The van der Waals surface area contributed by atoms with Crippen LogP contribution in [0.1, 0.15) is 11.1 Å². The summed E-state index contributed by atoms with van der Waals surface area (Å²) in [4.78, 5) is 12.2. The van der Waals surface area contributed by atoms with E-state index >= 15 is 0 Å². The number of anilines is 1. The van der Waals surface area contributed by atoms with Crippen molar-refractivity contribution in [2.75, 3.05) is 11.9 Å². The molecule has 0 aliphatic heterocycles. The van der Waals surface area contributed by atoms with E-state index in [0.29, 0.717) is 17.8 Å². The highest BCUT2D eigenvalue weighted by Crippen LogP contribution is 2.29. The molecule has 0 spiro atoms. The molecule has 2 aromatic rings. The largest absolute Gasteiger partial charge is 0.365 e. The molecule has 0 aliphatic carbocycles. The van der Waals surface area contributed by atoms with Crippen LogP contribution < -0.4 is 4.90 Å². The van der Waals surface area contributed by atoms with Gasteiger partial charge in [-0.05, 0) is 29.8 Å². The first-order chi connectivity index (χ1) is 10.0. The number of rotatable bonds is 4.